The molecule has 1 aliphatic rings. The molecule has 1 rings (SSSR count). The van der Waals surface area contributed by atoms with Gasteiger partial charge in [-0.3, -0.25) is 9.59 Å². The lowest BCUT2D eigenvalue weighted by Gasteiger charge is -2.15. The molecular formula is C14H27ClN2O3. The van der Waals surface area contributed by atoms with Crippen LogP contribution in [0.1, 0.15) is 40.0 Å². The van der Waals surface area contributed by atoms with Crippen LogP contribution in [-0.2, 0) is 14.3 Å². The van der Waals surface area contributed by atoms with Crippen LogP contribution < -0.4 is 10.6 Å². The number of hydrogen-bond donors (Lipinski definition) is 2. The summed E-state index contributed by atoms with van der Waals surface area (Å²) in [6.45, 7) is 7.84. The van der Waals surface area contributed by atoms with Crippen molar-refractivity contribution in [1.82, 2.24) is 10.6 Å². The maximum Gasteiger partial charge on any atom is 0.310 e. The van der Waals surface area contributed by atoms with E-state index in [2.05, 4.69) is 10.6 Å². The fourth-order valence-electron chi connectivity index (χ4n) is 2.08. The van der Waals surface area contributed by atoms with Gasteiger partial charge in [0.2, 0.25) is 5.91 Å². The fraction of sp³-hybridized carbons (Fsp3) is 0.857. The molecule has 1 aliphatic heterocycles. The highest BCUT2D eigenvalue weighted by Crippen LogP contribution is 2.13. The number of halogens is 1. The van der Waals surface area contributed by atoms with E-state index in [0.717, 1.165) is 25.9 Å². The zero-order chi connectivity index (χ0) is 14.3. The average Bonchev–Trinajstić information content (AvgIpc) is 2.85. The van der Waals surface area contributed by atoms with Crippen LogP contribution in [0.15, 0.2) is 0 Å². The van der Waals surface area contributed by atoms with Crippen LogP contribution >= 0.6 is 12.4 Å². The van der Waals surface area contributed by atoms with Crippen molar-refractivity contribution >= 4 is 24.3 Å². The highest BCUT2D eigenvalue weighted by atomic mass is 35.5. The van der Waals surface area contributed by atoms with Gasteiger partial charge < -0.3 is 15.4 Å². The van der Waals surface area contributed by atoms with Crippen molar-refractivity contribution in [3.05, 3.63) is 0 Å². The zero-order valence-electron chi connectivity index (χ0n) is 12.6. The lowest BCUT2D eigenvalue weighted by Crippen LogP contribution is -2.33. The molecule has 1 amide bonds. The number of amides is 1. The summed E-state index contributed by atoms with van der Waals surface area (Å²) in [4.78, 5) is 23.2. The molecule has 0 aromatic heterocycles. The molecule has 2 unspecified atom stereocenters. The number of hydrogen-bond acceptors (Lipinski definition) is 4. The van der Waals surface area contributed by atoms with Gasteiger partial charge in [-0.1, -0.05) is 6.92 Å². The van der Waals surface area contributed by atoms with E-state index < -0.39 is 0 Å². The van der Waals surface area contributed by atoms with Gasteiger partial charge in [0, 0.05) is 13.0 Å². The molecule has 0 aromatic rings. The van der Waals surface area contributed by atoms with Gasteiger partial charge in [0.25, 0.3) is 0 Å². The third-order valence-corrected chi connectivity index (χ3v) is 3.30. The molecule has 20 heavy (non-hydrogen) atoms. The number of esters is 1. The summed E-state index contributed by atoms with van der Waals surface area (Å²) in [6, 6.07) is 0. The van der Waals surface area contributed by atoms with Crippen LogP contribution in [0.25, 0.3) is 0 Å². The smallest absolute Gasteiger partial charge is 0.310 e. The molecule has 0 spiro atoms. The van der Waals surface area contributed by atoms with Crippen molar-refractivity contribution in [3.8, 4) is 0 Å². The summed E-state index contributed by atoms with van der Waals surface area (Å²) in [5.41, 5.74) is 0. The Kier molecular flexibility index (Phi) is 9.59. The van der Waals surface area contributed by atoms with Gasteiger partial charge in [0.15, 0.2) is 0 Å². The second-order valence-electron chi connectivity index (χ2n) is 5.59. The molecule has 0 aliphatic carbocycles. The summed E-state index contributed by atoms with van der Waals surface area (Å²) in [5.74, 6) is 0.0972. The summed E-state index contributed by atoms with van der Waals surface area (Å²) >= 11 is 0. The van der Waals surface area contributed by atoms with Crippen LogP contribution in [0, 0.1) is 11.8 Å². The Labute approximate surface area is 127 Å². The molecule has 1 saturated heterocycles. The third-order valence-electron chi connectivity index (χ3n) is 3.30. The van der Waals surface area contributed by atoms with Gasteiger partial charge >= 0.3 is 5.97 Å². The minimum Gasteiger partial charge on any atom is -0.463 e. The fourth-order valence-corrected chi connectivity index (χ4v) is 2.08. The number of ether oxygens (including phenoxy) is 1. The number of carbonyl (C=O) groups excluding carboxylic acids is 2. The SMILES string of the molecule is CC(C)OC(=O)C(C)CNC(=O)CCC1CCNC1.Cl. The normalized spacial score (nSPS) is 19.3. The van der Waals surface area contributed by atoms with Crippen molar-refractivity contribution in [2.45, 2.75) is 46.1 Å². The summed E-state index contributed by atoms with van der Waals surface area (Å²) < 4.78 is 5.09. The standard InChI is InChI=1S/C14H26N2O3.ClH/c1-10(2)19-14(18)11(3)8-16-13(17)5-4-12-6-7-15-9-12;/h10-12,15H,4-9H2,1-3H3,(H,16,17);1H. The van der Waals surface area contributed by atoms with E-state index in [1.165, 1.54) is 0 Å². The van der Waals surface area contributed by atoms with E-state index >= 15 is 0 Å². The van der Waals surface area contributed by atoms with Gasteiger partial charge in [-0.2, -0.15) is 0 Å². The molecule has 0 bridgehead atoms. The van der Waals surface area contributed by atoms with Gasteiger partial charge in [-0.15, -0.1) is 12.4 Å². The molecule has 6 heteroatoms. The van der Waals surface area contributed by atoms with E-state index in [-0.39, 0.29) is 36.3 Å². The Morgan fingerprint density at radius 2 is 2.05 bits per heavy atom. The average molecular weight is 307 g/mol. The van der Waals surface area contributed by atoms with Gasteiger partial charge in [-0.05, 0) is 45.7 Å². The molecule has 1 fully saturated rings. The molecule has 5 nitrogen and oxygen atoms in total. The first kappa shape index (κ1) is 19.2. The second kappa shape index (κ2) is 10.00. The lowest BCUT2D eigenvalue weighted by atomic mass is 10.0. The molecule has 2 N–H and O–H groups in total. The largest absolute Gasteiger partial charge is 0.463 e. The van der Waals surface area contributed by atoms with E-state index in [1.54, 1.807) is 6.92 Å². The molecule has 0 aromatic carbocycles. The van der Waals surface area contributed by atoms with Gasteiger partial charge in [-0.25, -0.2) is 0 Å². The highest BCUT2D eigenvalue weighted by Gasteiger charge is 2.18. The number of nitrogens with one attached hydrogen (secondary N) is 2. The Bertz CT molecular complexity index is 305. The third kappa shape index (κ3) is 7.70. The molecule has 118 valence electrons. The van der Waals surface area contributed by atoms with E-state index in [9.17, 15) is 9.59 Å². The molecule has 0 radical (unpaired) electrons. The first-order chi connectivity index (χ1) is 8.99. The maximum atomic E-state index is 11.7. The van der Waals surface area contributed by atoms with Crippen LogP contribution in [0.4, 0.5) is 0 Å². The Balaban J connectivity index is 0.00000361. The summed E-state index contributed by atoms with van der Waals surface area (Å²) in [5, 5.41) is 6.09. The minimum atomic E-state index is -0.292. The maximum absolute atomic E-state index is 11.7. The molecular weight excluding hydrogens is 280 g/mol. The molecule has 1 heterocycles. The monoisotopic (exact) mass is 306 g/mol. The molecule has 0 saturated carbocycles. The van der Waals surface area contributed by atoms with E-state index in [0.29, 0.717) is 18.9 Å². The first-order valence-corrected chi connectivity index (χ1v) is 7.17. The quantitative estimate of drug-likeness (QED) is 0.700. The lowest BCUT2D eigenvalue weighted by molar-refractivity contribution is -0.151. The van der Waals surface area contributed by atoms with Crippen molar-refractivity contribution in [2.75, 3.05) is 19.6 Å². The number of rotatable bonds is 7. The van der Waals surface area contributed by atoms with Crippen molar-refractivity contribution < 1.29 is 14.3 Å². The predicted molar refractivity (Wildman–Crippen MR) is 80.9 cm³/mol. The number of carbonyl (C=O) groups is 2. The Morgan fingerprint density at radius 3 is 2.60 bits per heavy atom. The van der Waals surface area contributed by atoms with Crippen molar-refractivity contribution in [1.29, 1.82) is 0 Å². The van der Waals surface area contributed by atoms with Crippen molar-refractivity contribution in [2.24, 2.45) is 11.8 Å². The molecule has 2 atom stereocenters. The first-order valence-electron chi connectivity index (χ1n) is 7.17. The topological polar surface area (TPSA) is 67.4 Å². The van der Waals surface area contributed by atoms with Crippen LogP contribution in [0.2, 0.25) is 0 Å². The van der Waals surface area contributed by atoms with Crippen molar-refractivity contribution in [3.63, 3.8) is 0 Å². The Hall–Kier alpha value is -0.810. The van der Waals surface area contributed by atoms with Crippen LogP contribution in [-0.4, -0.2) is 37.6 Å². The summed E-state index contributed by atoms with van der Waals surface area (Å²) in [6.07, 6.45) is 2.51. The van der Waals surface area contributed by atoms with Gasteiger partial charge in [0.05, 0.1) is 12.0 Å². The van der Waals surface area contributed by atoms with Crippen LogP contribution in [0.5, 0.6) is 0 Å². The minimum absolute atomic E-state index is 0. The summed E-state index contributed by atoms with van der Waals surface area (Å²) in [7, 11) is 0. The van der Waals surface area contributed by atoms with E-state index in [4.69, 9.17) is 4.74 Å². The Morgan fingerprint density at radius 1 is 1.35 bits per heavy atom. The second-order valence-corrected chi connectivity index (χ2v) is 5.59. The predicted octanol–water partition coefficient (Wildman–Crippen LogP) is 1.50. The van der Waals surface area contributed by atoms with E-state index in [1.807, 2.05) is 13.8 Å². The van der Waals surface area contributed by atoms with Gasteiger partial charge in [0.1, 0.15) is 0 Å². The highest BCUT2D eigenvalue weighted by molar-refractivity contribution is 5.85. The zero-order valence-corrected chi connectivity index (χ0v) is 13.4. The van der Waals surface area contributed by atoms with Crippen LogP contribution in [0.3, 0.4) is 0 Å².